The number of ether oxygens (including phenoxy) is 1. The summed E-state index contributed by atoms with van der Waals surface area (Å²) in [7, 11) is 1.54. The summed E-state index contributed by atoms with van der Waals surface area (Å²) in [5.41, 5.74) is 2.13. The molecule has 1 heterocycles. The van der Waals surface area contributed by atoms with Gasteiger partial charge in [-0.15, -0.1) is 0 Å². The second-order valence-electron chi connectivity index (χ2n) is 9.07. The Morgan fingerprint density at radius 1 is 1.00 bits per heavy atom. The molecule has 0 unspecified atom stereocenters. The van der Waals surface area contributed by atoms with E-state index in [0.717, 1.165) is 11.0 Å². The number of para-hydroxylation sites is 3. The van der Waals surface area contributed by atoms with Gasteiger partial charge in [0.15, 0.2) is 0 Å². The first kappa shape index (κ1) is 24.3. The van der Waals surface area contributed by atoms with Crippen molar-refractivity contribution in [3.63, 3.8) is 0 Å². The first-order valence-corrected chi connectivity index (χ1v) is 11.4. The highest BCUT2D eigenvalue weighted by atomic mass is 16.5. The number of hydrogen-bond donors (Lipinski definition) is 1. The van der Waals surface area contributed by atoms with Crippen LogP contribution in [0, 0.1) is 11.8 Å². The Morgan fingerprint density at radius 3 is 2.30 bits per heavy atom. The molecule has 0 aliphatic rings. The summed E-state index contributed by atoms with van der Waals surface area (Å²) in [5.74, 6) is 1.72. The molecule has 1 aromatic heterocycles. The fourth-order valence-corrected chi connectivity index (χ4v) is 3.92. The Bertz CT molecular complexity index is 1090. The Balaban J connectivity index is 1.84. The summed E-state index contributed by atoms with van der Waals surface area (Å²) < 4.78 is 7.21. The molecule has 0 atom stereocenters. The fraction of sp³-hybridized carbons (Fsp3) is 0.423. The maximum absolute atomic E-state index is 13.3. The molecule has 2 amide bonds. The van der Waals surface area contributed by atoms with Gasteiger partial charge in [0, 0.05) is 13.1 Å². The molecular formula is C26H34N4O3. The van der Waals surface area contributed by atoms with Crippen LogP contribution in [0.25, 0.3) is 11.0 Å². The minimum absolute atomic E-state index is 0.0536. The van der Waals surface area contributed by atoms with E-state index in [1.807, 2.05) is 39.8 Å². The van der Waals surface area contributed by atoms with Gasteiger partial charge in [0.25, 0.3) is 5.91 Å². The van der Waals surface area contributed by atoms with E-state index in [9.17, 15) is 9.59 Å². The minimum atomic E-state index is -0.251. The van der Waals surface area contributed by atoms with Gasteiger partial charge in [-0.1, -0.05) is 52.0 Å². The fourth-order valence-electron chi connectivity index (χ4n) is 3.92. The highest BCUT2D eigenvalue weighted by Crippen LogP contribution is 2.19. The third-order valence-electron chi connectivity index (χ3n) is 5.31. The van der Waals surface area contributed by atoms with E-state index in [0.29, 0.717) is 42.1 Å². The molecule has 0 saturated carbocycles. The van der Waals surface area contributed by atoms with Crippen molar-refractivity contribution in [3.8, 4) is 5.75 Å². The van der Waals surface area contributed by atoms with E-state index >= 15 is 0 Å². The van der Waals surface area contributed by atoms with Crippen molar-refractivity contribution < 1.29 is 14.3 Å². The van der Waals surface area contributed by atoms with E-state index in [4.69, 9.17) is 9.72 Å². The molecule has 3 rings (SSSR count). The predicted octanol–water partition coefficient (Wildman–Crippen LogP) is 4.12. The molecule has 0 fully saturated rings. The summed E-state index contributed by atoms with van der Waals surface area (Å²) in [6, 6.07) is 14.8. The highest BCUT2D eigenvalue weighted by Gasteiger charge is 2.21. The van der Waals surface area contributed by atoms with Gasteiger partial charge in [-0.25, -0.2) is 4.98 Å². The summed E-state index contributed by atoms with van der Waals surface area (Å²) in [6.07, 6.45) is 0. The maximum atomic E-state index is 13.3. The summed E-state index contributed by atoms with van der Waals surface area (Å²) in [5, 5.41) is 2.93. The molecule has 33 heavy (non-hydrogen) atoms. The average molecular weight is 451 g/mol. The molecule has 0 radical (unpaired) electrons. The third-order valence-corrected chi connectivity index (χ3v) is 5.31. The van der Waals surface area contributed by atoms with Crippen molar-refractivity contribution in [2.45, 2.75) is 40.8 Å². The number of aromatic nitrogens is 2. The first-order valence-electron chi connectivity index (χ1n) is 11.4. The maximum Gasteiger partial charge on any atom is 0.255 e. The Morgan fingerprint density at radius 2 is 1.64 bits per heavy atom. The van der Waals surface area contributed by atoms with Gasteiger partial charge in [-0.2, -0.15) is 0 Å². The molecule has 7 nitrogen and oxygen atoms in total. The van der Waals surface area contributed by atoms with Gasteiger partial charge in [-0.05, 0) is 36.1 Å². The lowest BCUT2D eigenvalue weighted by Crippen LogP contribution is -2.39. The van der Waals surface area contributed by atoms with Crippen LogP contribution in [-0.4, -0.2) is 46.5 Å². The van der Waals surface area contributed by atoms with Gasteiger partial charge < -0.3 is 19.5 Å². The van der Waals surface area contributed by atoms with Crippen molar-refractivity contribution in [1.29, 1.82) is 0 Å². The lowest BCUT2D eigenvalue weighted by Gasteiger charge is -2.27. The zero-order valence-electron chi connectivity index (χ0n) is 20.2. The summed E-state index contributed by atoms with van der Waals surface area (Å²) in [4.78, 5) is 32.7. The van der Waals surface area contributed by atoms with Crippen LogP contribution < -0.4 is 10.1 Å². The van der Waals surface area contributed by atoms with Crippen molar-refractivity contribution in [3.05, 3.63) is 59.9 Å². The van der Waals surface area contributed by atoms with Gasteiger partial charge in [0.05, 0.1) is 30.3 Å². The largest absolute Gasteiger partial charge is 0.496 e. The molecule has 7 heteroatoms. The van der Waals surface area contributed by atoms with Gasteiger partial charge >= 0.3 is 0 Å². The van der Waals surface area contributed by atoms with Crippen LogP contribution in [0.4, 0.5) is 0 Å². The van der Waals surface area contributed by atoms with E-state index in [-0.39, 0.29) is 24.9 Å². The highest BCUT2D eigenvalue weighted by molar-refractivity contribution is 5.96. The number of amides is 2. The number of carbonyl (C=O) groups is 2. The summed E-state index contributed by atoms with van der Waals surface area (Å²) >= 11 is 0. The van der Waals surface area contributed by atoms with Gasteiger partial charge in [0.1, 0.15) is 18.1 Å². The number of benzene rings is 2. The topological polar surface area (TPSA) is 76.5 Å². The zero-order valence-corrected chi connectivity index (χ0v) is 20.2. The number of nitrogens with one attached hydrogen (secondary N) is 1. The number of nitrogens with zero attached hydrogens (tertiary/aromatic N) is 3. The monoisotopic (exact) mass is 450 g/mol. The van der Waals surface area contributed by atoms with Crippen LogP contribution in [0.5, 0.6) is 5.75 Å². The van der Waals surface area contributed by atoms with Gasteiger partial charge in [0.2, 0.25) is 5.91 Å². The Labute approximate surface area is 195 Å². The quantitative estimate of drug-likeness (QED) is 0.504. The molecule has 3 aromatic rings. The second-order valence-corrected chi connectivity index (χ2v) is 9.07. The molecule has 1 N–H and O–H groups in total. The zero-order chi connectivity index (χ0) is 24.0. The molecule has 2 aromatic carbocycles. The molecule has 0 aliphatic heterocycles. The van der Waals surface area contributed by atoms with Crippen LogP contribution in [0.3, 0.4) is 0 Å². The number of rotatable bonds is 10. The van der Waals surface area contributed by atoms with Crippen molar-refractivity contribution >= 4 is 22.8 Å². The number of carbonyl (C=O) groups excluding carboxylic acids is 2. The number of fused-ring (bicyclic) bond motifs is 1. The van der Waals surface area contributed by atoms with Crippen molar-refractivity contribution in [2.75, 3.05) is 20.2 Å². The lowest BCUT2D eigenvalue weighted by molar-refractivity contribution is -0.132. The number of imidazole rings is 1. The molecule has 176 valence electrons. The van der Waals surface area contributed by atoms with Crippen LogP contribution in [0.15, 0.2) is 48.5 Å². The Kier molecular flexibility index (Phi) is 8.09. The summed E-state index contributed by atoms with van der Waals surface area (Å²) in [6.45, 7) is 10.3. The minimum Gasteiger partial charge on any atom is -0.496 e. The van der Waals surface area contributed by atoms with E-state index < -0.39 is 0 Å². The van der Waals surface area contributed by atoms with E-state index in [1.165, 1.54) is 7.11 Å². The normalized spacial score (nSPS) is 11.2. The van der Waals surface area contributed by atoms with Gasteiger partial charge in [-0.3, -0.25) is 9.59 Å². The molecule has 0 spiro atoms. The van der Waals surface area contributed by atoms with Crippen LogP contribution in [-0.2, 0) is 17.9 Å². The molecule has 0 aliphatic carbocycles. The van der Waals surface area contributed by atoms with Crippen molar-refractivity contribution in [1.82, 2.24) is 19.8 Å². The predicted molar refractivity (Wildman–Crippen MR) is 130 cm³/mol. The van der Waals surface area contributed by atoms with E-state index in [1.54, 1.807) is 18.2 Å². The molecule has 0 saturated heterocycles. The number of hydrogen-bond acceptors (Lipinski definition) is 4. The molecule has 0 bridgehead atoms. The number of methoxy groups -OCH3 is 1. The molecular weight excluding hydrogens is 416 g/mol. The third kappa shape index (κ3) is 6.12. The van der Waals surface area contributed by atoms with Crippen LogP contribution in [0.1, 0.15) is 43.9 Å². The standard InChI is InChI=1S/C26H34N4O3/c1-18(2)15-29(16-19(3)4)25(31)17-30-22-12-8-7-11-21(22)28-24(30)14-27-26(32)20-10-6-9-13-23(20)33-5/h6-13,18-19H,14-17H2,1-5H3,(H,27,32). The smallest absolute Gasteiger partial charge is 0.255 e. The Hall–Kier alpha value is -3.35. The lowest BCUT2D eigenvalue weighted by atomic mass is 10.1. The van der Waals surface area contributed by atoms with Crippen LogP contribution in [0.2, 0.25) is 0 Å². The van der Waals surface area contributed by atoms with E-state index in [2.05, 4.69) is 33.0 Å². The average Bonchev–Trinajstić information content (AvgIpc) is 3.13. The SMILES string of the molecule is COc1ccccc1C(=O)NCc1nc2ccccc2n1CC(=O)N(CC(C)C)CC(C)C. The van der Waals surface area contributed by atoms with Crippen molar-refractivity contribution in [2.24, 2.45) is 11.8 Å². The second kappa shape index (κ2) is 11.0. The van der Waals surface area contributed by atoms with Crippen LogP contribution >= 0.6 is 0 Å². The first-order chi connectivity index (χ1) is 15.8.